The van der Waals surface area contributed by atoms with E-state index in [0.29, 0.717) is 11.4 Å². The SMILES string of the molecule is Cc1cc(C)n(CC(=O)Nc2cnn(C)c2C(=O)Nc2cnn(C)c2C)n1. The highest BCUT2D eigenvalue weighted by Crippen LogP contribution is 2.18. The van der Waals surface area contributed by atoms with Crippen molar-refractivity contribution in [2.75, 3.05) is 10.6 Å². The summed E-state index contributed by atoms with van der Waals surface area (Å²) in [6.45, 7) is 5.65. The van der Waals surface area contributed by atoms with Crippen molar-refractivity contribution in [3.05, 3.63) is 41.2 Å². The number of aromatic nitrogens is 6. The van der Waals surface area contributed by atoms with E-state index in [9.17, 15) is 9.59 Å². The van der Waals surface area contributed by atoms with Gasteiger partial charge in [-0.3, -0.25) is 23.6 Å². The Morgan fingerprint density at radius 3 is 2.26 bits per heavy atom. The number of nitrogens with one attached hydrogen (secondary N) is 2. The van der Waals surface area contributed by atoms with Crippen molar-refractivity contribution in [2.24, 2.45) is 14.1 Å². The molecule has 0 atom stereocenters. The molecular formula is C17H22N8O2. The number of carbonyl (C=O) groups is 2. The van der Waals surface area contributed by atoms with Gasteiger partial charge in [0.2, 0.25) is 5.91 Å². The highest BCUT2D eigenvalue weighted by atomic mass is 16.2. The molecule has 2 N–H and O–H groups in total. The number of hydrogen-bond donors (Lipinski definition) is 2. The fraction of sp³-hybridized carbons (Fsp3) is 0.353. The van der Waals surface area contributed by atoms with Crippen LogP contribution < -0.4 is 10.6 Å². The molecule has 0 radical (unpaired) electrons. The summed E-state index contributed by atoms with van der Waals surface area (Å²) in [5, 5.41) is 18.0. The van der Waals surface area contributed by atoms with E-state index in [2.05, 4.69) is 25.9 Å². The van der Waals surface area contributed by atoms with Crippen LogP contribution in [0.3, 0.4) is 0 Å². The molecule has 0 aliphatic heterocycles. The van der Waals surface area contributed by atoms with Crippen LogP contribution in [0.4, 0.5) is 11.4 Å². The van der Waals surface area contributed by atoms with Crippen molar-refractivity contribution < 1.29 is 9.59 Å². The number of hydrogen-bond acceptors (Lipinski definition) is 5. The topological polar surface area (TPSA) is 112 Å². The molecule has 0 saturated carbocycles. The van der Waals surface area contributed by atoms with E-state index in [1.165, 1.54) is 10.9 Å². The van der Waals surface area contributed by atoms with Gasteiger partial charge in [0.1, 0.15) is 12.2 Å². The summed E-state index contributed by atoms with van der Waals surface area (Å²) < 4.78 is 4.69. The van der Waals surface area contributed by atoms with Gasteiger partial charge in [-0.2, -0.15) is 15.3 Å². The molecule has 27 heavy (non-hydrogen) atoms. The van der Waals surface area contributed by atoms with E-state index in [1.54, 1.807) is 29.7 Å². The summed E-state index contributed by atoms with van der Waals surface area (Å²) >= 11 is 0. The van der Waals surface area contributed by atoms with E-state index >= 15 is 0 Å². The molecule has 0 aliphatic carbocycles. The molecule has 0 fully saturated rings. The zero-order valence-corrected chi connectivity index (χ0v) is 15.9. The predicted molar refractivity (Wildman–Crippen MR) is 99.4 cm³/mol. The summed E-state index contributed by atoms with van der Waals surface area (Å²) in [6.07, 6.45) is 3.02. The highest BCUT2D eigenvalue weighted by Gasteiger charge is 2.20. The maximum Gasteiger partial charge on any atom is 0.276 e. The summed E-state index contributed by atoms with van der Waals surface area (Å²) in [7, 11) is 3.43. The molecule has 10 heteroatoms. The molecule has 0 spiro atoms. The Morgan fingerprint density at radius 2 is 1.67 bits per heavy atom. The van der Waals surface area contributed by atoms with Gasteiger partial charge in [-0.1, -0.05) is 0 Å². The molecule has 0 aliphatic rings. The second-order valence-electron chi connectivity index (χ2n) is 6.38. The van der Waals surface area contributed by atoms with Gasteiger partial charge in [0.05, 0.1) is 35.2 Å². The lowest BCUT2D eigenvalue weighted by molar-refractivity contribution is -0.116. The van der Waals surface area contributed by atoms with Gasteiger partial charge in [-0.05, 0) is 26.8 Å². The van der Waals surface area contributed by atoms with Crippen molar-refractivity contribution in [3.63, 3.8) is 0 Å². The van der Waals surface area contributed by atoms with E-state index in [1.807, 2.05) is 26.8 Å². The van der Waals surface area contributed by atoms with Crippen LogP contribution in [0.5, 0.6) is 0 Å². The average molecular weight is 370 g/mol. The van der Waals surface area contributed by atoms with Crippen LogP contribution in [-0.4, -0.2) is 41.2 Å². The largest absolute Gasteiger partial charge is 0.321 e. The van der Waals surface area contributed by atoms with E-state index < -0.39 is 0 Å². The number of anilines is 2. The maximum atomic E-state index is 12.7. The zero-order chi connectivity index (χ0) is 19.7. The first kappa shape index (κ1) is 18.4. The second-order valence-corrected chi connectivity index (χ2v) is 6.38. The summed E-state index contributed by atoms with van der Waals surface area (Å²) in [6, 6.07) is 1.90. The monoisotopic (exact) mass is 370 g/mol. The predicted octanol–water partition coefficient (Wildman–Crippen LogP) is 1.17. The van der Waals surface area contributed by atoms with E-state index in [4.69, 9.17) is 0 Å². The van der Waals surface area contributed by atoms with Gasteiger partial charge in [0, 0.05) is 19.8 Å². The number of carbonyl (C=O) groups excluding carboxylic acids is 2. The van der Waals surface area contributed by atoms with Gasteiger partial charge >= 0.3 is 0 Å². The standard InChI is InChI=1S/C17H22N8O2/c1-10-6-11(2)25(22-10)9-15(26)20-14-8-19-24(5)16(14)17(27)21-13-7-18-23(4)12(13)3/h6-8H,9H2,1-5H3,(H,20,26)(H,21,27). The molecule has 0 saturated heterocycles. The highest BCUT2D eigenvalue weighted by molar-refractivity contribution is 6.09. The molecule has 0 bridgehead atoms. The lowest BCUT2D eigenvalue weighted by Crippen LogP contribution is -2.23. The Kier molecular flexibility index (Phi) is 4.80. The van der Waals surface area contributed by atoms with Crippen LogP contribution in [0.15, 0.2) is 18.5 Å². The Labute approximate surface area is 156 Å². The number of amides is 2. The fourth-order valence-corrected chi connectivity index (χ4v) is 2.76. The van der Waals surface area contributed by atoms with Gasteiger partial charge in [-0.25, -0.2) is 0 Å². The van der Waals surface area contributed by atoms with Gasteiger partial charge in [-0.15, -0.1) is 0 Å². The minimum absolute atomic E-state index is 0.0529. The van der Waals surface area contributed by atoms with Gasteiger partial charge < -0.3 is 10.6 Å². The average Bonchev–Trinajstić information content (AvgIpc) is 3.21. The Bertz CT molecular complexity index is 1010. The van der Waals surface area contributed by atoms with Crippen LogP contribution in [-0.2, 0) is 25.4 Å². The van der Waals surface area contributed by atoms with Crippen molar-refractivity contribution in [1.82, 2.24) is 29.3 Å². The quantitative estimate of drug-likeness (QED) is 0.700. The molecule has 2 amide bonds. The minimum atomic E-state index is -0.382. The molecule has 142 valence electrons. The van der Waals surface area contributed by atoms with Crippen LogP contribution in [0.2, 0.25) is 0 Å². The van der Waals surface area contributed by atoms with Crippen LogP contribution in [0.25, 0.3) is 0 Å². The fourth-order valence-electron chi connectivity index (χ4n) is 2.76. The Morgan fingerprint density at radius 1 is 1.00 bits per heavy atom. The second kappa shape index (κ2) is 7.06. The van der Waals surface area contributed by atoms with E-state index in [0.717, 1.165) is 17.1 Å². The molecule has 3 aromatic heterocycles. The Balaban J connectivity index is 1.76. The van der Waals surface area contributed by atoms with Crippen LogP contribution in [0, 0.1) is 20.8 Å². The maximum absolute atomic E-state index is 12.7. The third-order valence-electron chi connectivity index (χ3n) is 4.31. The summed E-state index contributed by atoms with van der Waals surface area (Å²) in [5.41, 5.74) is 3.74. The molecule has 0 aromatic carbocycles. The molecule has 3 heterocycles. The summed E-state index contributed by atoms with van der Waals surface area (Å²) in [4.78, 5) is 25.1. The van der Waals surface area contributed by atoms with Gasteiger partial charge in [0.15, 0.2) is 0 Å². The van der Waals surface area contributed by atoms with Crippen LogP contribution >= 0.6 is 0 Å². The van der Waals surface area contributed by atoms with Gasteiger partial charge in [0.25, 0.3) is 5.91 Å². The zero-order valence-electron chi connectivity index (χ0n) is 15.9. The molecule has 3 rings (SSSR count). The first-order valence-corrected chi connectivity index (χ1v) is 8.39. The van der Waals surface area contributed by atoms with Crippen LogP contribution in [0.1, 0.15) is 27.6 Å². The third-order valence-corrected chi connectivity index (χ3v) is 4.31. The lowest BCUT2D eigenvalue weighted by Gasteiger charge is -2.09. The lowest BCUT2D eigenvalue weighted by atomic mass is 10.3. The molecular weight excluding hydrogens is 348 g/mol. The normalized spacial score (nSPS) is 10.9. The van der Waals surface area contributed by atoms with Crippen molar-refractivity contribution >= 4 is 23.2 Å². The van der Waals surface area contributed by atoms with Crippen molar-refractivity contribution in [1.29, 1.82) is 0 Å². The molecule has 0 unspecified atom stereocenters. The Hall–Kier alpha value is -3.43. The first-order chi connectivity index (χ1) is 12.8. The number of rotatable bonds is 5. The van der Waals surface area contributed by atoms with Crippen molar-refractivity contribution in [3.8, 4) is 0 Å². The van der Waals surface area contributed by atoms with Crippen molar-refractivity contribution in [2.45, 2.75) is 27.3 Å². The first-order valence-electron chi connectivity index (χ1n) is 8.39. The smallest absolute Gasteiger partial charge is 0.276 e. The van der Waals surface area contributed by atoms with E-state index in [-0.39, 0.29) is 24.1 Å². The number of aryl methyl sites for hydroxylation is 4. The minimum Gasteiger partial charge on any atom is -0.321 e. The molecule has 10 nitrogen and oxygen atoms in total. The number of nitrogens with zero attached hydrogens (tertiary/aromatic N) is 6. The molecule has 3 aromatic rings. The summed E-state index contributed by atoms with van der Waals surface area (Å²) in [5.74, 6) is -0.673. The third kappa shape index (κ3) is 3.73.